The van der Waals surface area contributed by atoms with Crippen molar-refractivity contribution in [2.24, 2.45) is 0 Å². The molecule has 0 saturated carbocycles. The van der Waals surface area contributed by atoms with Gasteiger partial charge in [0, 0.05) is 11.6 Å². The zero-order chi connectivity index (χ0) is 13.5. The number of esters is 1. The number of benzene rings is 1. The maximum Gasteiger partial charge on any atom is 0.333 e. The fourth-order valence-corrected chi connectivity index (χ4v) is 1.58. The van der Waals surface area contributed by atoms with Crippen LogP contribution < -0.4 is 0 Å². The van der Waals surface area contributed by atoms with E-state index in [1.165, 1.54) is 6.08 Å². The molecule has 1 N–H and O–H groups in total. The van der Waals surface area contributed by atoms with Gasteiger partial charge in [0.15, 0.2) is 0 Å². The smallest absolute Gasteiger partial charge is 0.333 e. The topological polar surface area (TPSA) is 46.5 Å². The highest BCUT2D eigenvalue weighted by molar-refractivity contribution is 5.86. The number of cyclic esters (lactones) is 1. The average molecular weight is 254 g/mol. The van der Waals surface area contributed by atoms with E-state index in [-0.39, 0.29) is 0 Å². The van der Waals surface area contributed by atoms with Crippen molar-refractivity contribution in [2.75, 3.05) is 0 Å². The summed E-state index contributed by atoms with van der Waals surface area (Å²) in [5.74, 6) is -0.514. The largest absolute Gasteiger partial charge is 0.428 e. The van der Waals surface area contributed by atoms with Gasteiger partial charge in [0.2, 0.25) is 6.29 Å². The Morgan fingerprint density at radius 3 is 2.32 bits per heavy atom. The summed E-state index contributed by atoms with van der Waals surface area (Å²) in [6, 6.07) is 9.97. The number of ether oxygens (including phenoxy) is 1. The van der Waals surface area contributed by atoms with Crippen LogP contribution in [0.5, 0.6) is 0 Å². The van der Waals surface area contributed by atoms with Crippen LogP contribution in [0, 0.1) is 0 Å². The molecule has 0 aromatic heterocycles. The zero-order valence-corrected chi connectivity index (χ0v) is 10.3. The Balaban J connectivity index is 1.86. The molecular weight excluding hydrogens is 240 g/mol. The molecule has 3 nitrogen and oxygen atoms in total. The van der Waals surface area contributed by atoms with E-state index in [0.717, 1.165) is 5.56 Å². The summed E-state index contributed by atoms with van der Waals surface area (Å²) in [6.45, 7) is 0. The van der Waals surface area contributed by atoms with Gasteiger partial charge in [-0.05, 0) is 5.56 Å². The molecule has 96 valence electrons. The quantitative estimate of drug-likeness (QED) is 0.663. The second-order valence-corrected chi connectivity index (χ2v) is 3.95. The van der Waals surface area contributed by atoms with E-state index in [1.54, 1.807) is 12.2 Å². The number of aliphatic hydroxyl groups is 1. The highest BCUT2D eigenvalue weighted by Gasteiger charge is 2.20. The van der Waals surface area contributed by atoms with Gasteiger partial charge < -0.3 is 9.84 Å². The van der Waals surface area contributed by atoms with E-state index >= 15 is 0 Å². The molecule has 1 aliphatic rings. The Kier molecular flexibility index (Phi) is 4.48. The summed E-state index contributed by atoms with van der Waals surface area (Å²) < 4.78 is 4.54. The highest BCUT2D eigenvalue weighted by atomic mass is 16.6. The van der Waals surface area contributed by atoms with Gasteiger partial charge in [0.05, 0.1) is 0 Å². The number of hydrogen-bond donors (Lipinski definition) is 1. The first-order valence-electron chi connectivity index (χ1n) is 5.92. The summed E-state index contributed by atoms with van der Waals surface area (Å²) in [7, 11) is 0. The molecule has 2 rings (SSSR count). The molecule has 1 aromatic carbocycles. The number of rotatable bonds is 4. The Bertz CT molecular complexity index is 551. The lowest BCUT2D eigenvalue weighted by molar-refractivity contribution is -0.150. The molecule has 0 amide bonds. The van der Waals surface area contributed by atoms with Crippen LogP contribution in [0.1, 0.15) is 5.56 Å². The lowest BCUT2D eigenvalue weighted by atomic mass is 10.2. The summed E-state index contributed by atoms with van der Waals surface area (Å²) in [6.07, 6.45) is 11.1. The minimum Gasteiger partial charge on any atom is -0.428 e. The van der Waals surface area contributed by atoms with Crippen LogP contribution >= 0.6 is 0 Å². The van der Waals surface area contributed by atoms with Crippen LogP contribution in [0.25, 0.3) is 6.08 Å². The van der Waals surface area contributed by atoms with E-state index in [9.17, 15) is 9.90 Å². The van der Waals surface area contributed by atoms with Crippen LogP contribution in [0.2, 0.25) is 0 Å². The molecular formula is C16H14O3. The third kappa shape index (κ3) is 4.08. The molecule has 0 bridgehead atoms. The van der Waals surface area contributed by atoms with E-state index in [1.807, 2.05) is 54.6 Å². The summed E-state index contributed by atoms with van der Waals surface area (Å²) in [5, 5.41) is 9.31. The molecule has 0 saturated heterocycles. The van der Waals surface area contributed by atoms with Crippen molar-refractivity contribution in [1.29, 1.82) is 0 Å². The van der Waals surface area contributed by atoms with Gasteiger partial charge >= 0.3 is 5.97 Å². The monoisotopic (exact) mass is 254 g/mol. The van der Waals surface area contributed by atoms with Gasteiger partial charge in [-0.2, -0.15) is 0 Å². The van der Waals surface area contributed by atoms with Crippen molar-refractivity contribution < 1.29 is 14.6 Å². The first-order chi connectivity index (χ1) is 9.25. The Labute approximate surface area is 111 Å². The van der Waals surface area contributed by atoms with Crippen LogP contribution in [0.4, 0.5) is 0 Å². The molecule has 0 radical (unpaired) electrons. The second-order valence-electron chi connectivity index (χ2n) is 3.95. The van der Waals surface area contributed by atoms with Gasteiger partial charge in [-0.15, -0.1) is 0 Å². The predicted molar refractivity (Wildman–Crippen MR) is 73.9 cm³/mol. The van der Waals surface area contributed by atoms with E-state index < -0.39 is 12.3 Å². The SMILES string of the molecule is O=C1C=C(/C=C/C=C/C=C/c2ccccc2)[C@@H](O)O1. The Hall–Kier alpha value is -2.39. The van der Waals surface area contributed by atoms with Gasteiger partial charge in [-0.3, -0.25) is 0 Å². The van der Waals surface area contributed by atoms with Gasteiger partial charge in [0.25, 0.3) is 0 Å². The molecule has 0 unspecified atom stereocenters. The van der Waals surface area contributed by atoms with Crippen molar-refractivity contribution in [1.82, 2.24) is 0 Å². The first kappa shape index (κ1) is 13.1. The molecule has 1 heterocycles. The lowest BCUT2D eigenvalue weighted by Crippen LogP contribution is -2.08. The number of carbonyl (C=O) groups excluding carboxylic acids is 1. The fraction of sp³-hybridized carbons (Fsp3) is 0.0625. The average Bonchev–Trinajstić information content (AvgIpc) is 2.73. The minimum atomic E-state index is -1.14. The Morgan fingerprint density at radius 1 is 1.00 bits per heavy atom. The molecule has 0 fully saturated rings. The summed E-state index contributed by atoms with van der Waals surface area (Å²) >= 11 is 0. The van der Waals surface area contributed by atoms with Gasteiger partial charge in [0.1, 0.15) is 0 Å². The molecule has 3 heteroatoms. The van der Waals surface area contributed by atoms with Gasteiger partial charge in [-0.1, -0.05) is 66.8 Å². The minimum absolute atomic E-state index is 0.460. The van der Waals surface area contributed by atoms with E-state index in [4.69, 9.17) is 0 Å². The number of allylic oxidation sites excluding steroid dienone is 4. The number of carbonyl (C=O) groups is 1. The van der Waals surface area contributed by atoms with Crippen molar-refractivity contribution in [3.63, 3.8) is 0 Å². The second kappa shape index (κ2) is 6.52. The van der Waals surface area contributed by atoms with E-state index in [2.05, 4.69) is 4.74 Å². The maximum atomic E-state index is 10.8. The number of aliphatic hydroxyl groups excluding tert-OH is 1. The van der Waals surface area contributed by atoms with Gasteiger partial charge in [-0.25, -0.2) is 4.79 Å². The standard InChI is InChI=1S/C16H14O3/c17-15-12-14(16(18)19-15)11-7-2-1-4-8-13-9-5-3-6-10-13/h1-12,16,18H/b2-1+,8-4+,11-7+/t16-/m0/s1. The van der Waals surface area contributed by atoms with Crippen molar-refractivity contribution >= 4 is 12.0 Å². The van der Waals surface area contributed by atoms with Crippen LogP contribution in [0.15, 0.2) is 72.4 Å². The third-order valence-electron chi connectivity index (χ3n) is 2.51. The van der Waals surface area contributed by atoms with Crippen molar-refractivity contribution in [2.45, 2.75) is 6.29 Å². The molecule has 0 aliphatic carbocycles. The fourth-order valence-electron chi connectivity index (χ4n) is 1.58. The van der Waals surface area contributed by atoms with Crippen LogP contribution in [0.3, 0.4) is 0 Å². The van der Waals surface area contributed by atoms with E-state index in [0.29, 0.717) is 5.57 Å². The molecule has 1 aromatic rings. The summed E-state index contributed by atoms with van der Waals surface area (Å²) in [4.78, 5) is 10.8. The number of hydrogen-bond acceptors (Lipinski definition) is 3. The lowest BCUT2D eigenvalue weighted by Gasteiger charge is -2.01. The first-order valence-corrected chi connectivity index (χ1v) is 5.92. The third-order valence-corrected chi connectivity index (χ3v) is 2.51. The zero-order valence-electron chi connectivity index (χ0n) is 10.3. The van der Waals surface area contributed by atoms with Crippen molar-refractivity contribution in [3.8, 4) is 0 Å². The Morgan fingerprint density at radius 2 is 1.68 bits per heavy atom. The molecule has 1 aliphatic heterocycles. The summed E-state index contributed by atoms with van der Waals surface area (Å²) in [5.41, 5.74) is 1.59. The molecule has 1 atom stereocenters. The maximum absolute atomic E-state index is 10.8. The molecule has 19 heavy (non-hydrogen) atoms. The highest BCUT2D eigenvalue weighted by Crippen LogP contribution is 2.14. The van der Waals surface area contributed by atoms with Crippen molar-refractivity contribution in [3.05, 3.63) is 77.9 Å². The van der Waals surface area contributed by atoms with Crippen LogP contribution in [-0.4, -0.2) is 17.4 Å². The molecule has 0 spiro atoms. The van der Waals surface area contributed by atoms with Crippen LogP contribution in [-0.2, 0) is 9.53 Å². The predicted octanol–water partition coefficient (Wildman–Crippen LogP) is 2.61. The normalized spacial score (nSPS) is 19.5.